The molecular formula is C27H27N3O4S. The number of aromatic nitrogens is 2. The number of piperidine rings is 1. The molecule has 3 heterocycles. The molecule has 8 heteroatoms. The van der Waals surface area contributed by atoms with E-state index in [0.29, 0.717) is 48.9 Å². The first-order valence-corrected chi connectivity index (χ1v) is 13.1. The predicted octanol–water partition coefficient (Wildman–Crippen LogP) is 3.43. The number of hydrogen-bond acceptors (Lipinski definition) is 5. The minimum absolute atomic E-state index is 0.0803. The summed E-state index contributed by atoms with van der Waals surface area (Å²) in [7, 11) is -3.61. The van der Waals surface area contributed by atoms with E-state index in [4.69, 9.17) is 0 Å². The molecule has 4 aromatic rings. The SMILES string of the molecule is Cc1ccc2c(=O)c(Cc3ccc(S(=O)(=O)N4CCC(O)CC4)cc3)cn(-c3ccccc3)c2n1. The first-order chi connectivity index (χ1) is 16.8. The van der Waals surface area contributed by atoms with Crippen LogP contribution in [-0.2, 0) is 16.4 Å². The summed E-state index contributed by atoms with van der Waals surface area (Å²) in [5, 5.41) is 10.2. The molecule has 1 saturated heterocycles. The van der Waals surface area contributed by atoms with Crippen LogP contribution in [0.15, 0.2) is 82.6 Å². The summed E-state index contributed by atoms with van der Waals surface area (Å²) in [5.74, 6) is 0. The lowest BCUT2D eigenvalue weighted by Crippen LogP contribution is -2.39. The predicted molar refractivity (Wildman–Crippen MR) is 135 cm³/mol. The monoisotopic (exact) mass is 489 g/mol. The number of aliphatic hydroxyl groups is 1. The highest BCUT2D eigenvalue weighted by molar-refractivity contribution is 7.89. The van der Waals surface area contributed by atoms with Crippen LogP contribution in [0, 0.1) is 6.92 Å². The molecule has 0 spiro atoms. The summed E-state index contributed by atoms with van der Waals surface area (Å²) < 4.78 is 29.3. The Morgan fingerprint density at radius 2 is 1.66 bits per heavy atom. The molecule has 0 unspecified atom stereocenters. The van der Waals surface area contributed by atoms with Crippen LogP contribution in [0.5, 0.6) is 0 Å². The van der Waals surface area contributed by atoms with E-state index in [0.717, 1.165) is 16.9 Å². The number of fused-ring (bicyclic) bond motifs is 1. The molecule has 35 heavy (non-hydrogen) atoms. The van der Waals surface area contributed by atoms with E-state index in [1.807, 2.05) is 60.2 Å². The van der Waals surface area contributed by atoms with Crippen LogP contribution >= 0.6 is 0 Å². The smallest absolute Gasteiger partial charge is 0.243 e. The maximum atomic E-state index is 13.3. The lowest BCUT2D eigenvalue weighted by atomic mass is 10.0. The zero-order valence-corrected chi connectivity index (χ0v) is 20.3. The highest BCUT2D eigenvalue weighted by atomic mass is 32.2. The van der Waals surface area contributed by atoms with Gasteiger partial charge in [0, 0.05) is 42.7 Å². The highest BCUT2D eigenvalue weighted by Crippen LogP contribution is 2.23. The number of nitrogens with zero attached hydrogens (tertiary/aromatic N) is 3. The van der Waals surface area contributed by atoms with Gasteiger partial charge in [0.15, 0.2) is 5.43 Å². The van der Waals surface area contributed by atoms with Gasteiger partial charge in [0.25, 0.3) is 0 Å². The van der Waals surface area contributed by atoms with Crippen LogP contribution in [0.1, 0.15) is 29.7 Å². The molecule has 2 aromatic heterocycles. The zero-order chi connectivity index (χ0) is 24.6. The largest absolute Gasteiger partial charge is 0.393 e. The Hall–Kier alpha value is -3.33. The summed E-state index contributed by atoms with van der Waals surface area (Å²) in [4.78, 5) is 18.2. The molecule has 1 aliphatic rings. The van der Waals surface area contributed by atoms with Gasteiger partial charge in [-0.3, -0.25) is 4.79 Å². The van der Waals surface area contributed by atoms with Gasteiger partial charge in [-0.1, -0.05) is 30.3 Å². The maximum Gasteiger partial charge on any atom is 0.243 e. The van der Waals surface area contributed by atoms with Crippen molar-refractivity contribution in [3.63, 3.8) is 0 Å². The fraction of sp³-hybridized carbons (Fsp3) is 0.259. The molecule has 0 radical (unpaired) electrons. The highest BCUT2D eigenvalue weighted by Gasteiger charge is 2.28. The van der Waals surface area contributed by atoms with E-state index in [1.165, 1.54) is 4.31 Å². The second-order valence-corrected chi connectivity index (χ2v) is 10.9. The van der Waals surface area contributed by atoms with Crippen molar-refractivity contribution >= 4 is 21.1 Å². The lowest BCUT2D eigenvalue weighted by molar-refractivity contribution is 0.113. The third-order valence-electron chi connectivity index (χ3n) is 6.48. The van der Waals surface area contributed by atoms with Gasteiger partial charge >= 0.3 is 0 Å². The Morgan fingerprint density at radius 1 is 0.971 bits per heavy atom. The molecule has 1 aliphatic heterocycles. The Labute approximate surface area is 204 Å². The molecule has 0 atom stereocenters. The minimum atomic E-state index is -3.61. The van der Waals surface area contributed by atoms with Crippen molar-refractivity contribution in [3.05, 3.63) is 100.0 Å². The molecule has 2 aromatic carbocycles. The Kier molecular flexibility index (Phi) is 6.27. The van der Waals surface area contributed by atoms with Crippen molar-refractivity contribution in [2.45, 2.75) is 37.2 Å². The number of aliphatic hydroxyl groups excluding tert-OH is 1. The van der Waals surface area contributed by atoms with Crippen LogP contribution in [0.2, 0.25) is 0 Å². The van der Waals surface area contributed by atoms with E-state index in [9.17, 15) is 18.3 Å². The van der Waals surface area contributed by atoms with Crippen LogP contribution in [0.25, 0.3) is 16.7 Å². The van der Waals surface area contributed by atoms with Gasteiger partial charge in [-0.25, -0.2) is 13.4 Å². The summed E-state index contributed by atoms with van der Waals surface area (Å²) in [6, 6.07) is 20.1. The number of rotatable bonds is 5. The van der Waals surface area contributed by atoms with E-state index >= 15 is 0 Å². The van der Waals surface area contributed by atoms with Gasteiger partial charge < -0.3 is 9.67 Å². The van der Waals surface area contributed by atoms with Crippen LogP contribution in [0.3, 0.4) is 0 Å². The molecule has 5 rings (SSSR count). The third kappa shape index (κ3) is 4.65. The molecule has 1 N–H and O–H groups in total. The number of benzene rings is 2. The van der Waals surface area contributed by atoms with E-state index in [-0.39, 0.29) is 10.3 Å². The fourth-order valence-electron chi connectivity index (χ4n) is 4.49. The van der Waals surface area contributed by atoms with E-state index in [1.54, 1.807) is 24.3 Å². The van der Waals surface area contributed by atoms with Gasteiger partial charge in [0.2, 0.25) is 10.0 Å². The Balaban J connectivity index is 1.49. The Morgan fingerprint density at radius 3 is 2.34 bits per heavy atom. The molecule has 7 nitrogen and oxygen atoms in total. The number of sulfonamides is 1. The molecule has 0 aliphatic carbocycles. The molecule has 0 amide bonds. The fourth-order valence-corrected chi connectivity index (χ4v) is 5.96. The number of hydrogen-bond donors (Lipinski definition) is 1. The van der Waals surface area contributed by atoms with Crippen molar-refractivity contribution in [1.82, 2.24) is 13.9 Å². The molecular weight excluding hydrogens is 462 g/mol. The summed E-state index contributed by atoms with van der Waals surface area (Å²) in [6.07, 6.45) is 2.65. The lowest BCUT2D eigenvalue weighted by Gasteiger charge is -2.28. The van der Waals surface area contributed by atoms with Gasteiger partial charge in [-0.15, -0.1) is 0 Å². The topological polar surface area (TPSA) is 92.5 Å². The van der Waals surface area contributed by atoms with Crippen molar-refractivity contribution in [2.24, 2.45) is 0 Å². The maximum absolute atomic E-state index is 13.3. The quantitative estimate of drug-likeness (QED) is 0.464. The zero-order valence-electron chi connectivity index (χ0n) is 19.5. The van der Waals surface area contributed by atoms with Crippen LogP contribution in [0.4, 0.5) is 0 Å². The normalized spacial score (nSPS) is 15.5. The van der Waals surface area contributed by atoms with E-state index < -0.39 is 16.1 Å². The molecule has 0 saturated carbocycles. The second-order valence-electron chi connectivity index (χ2n) is 8.97. The molecule has 0 bridgehead atoms. The van der Waals surface area contributed by atoms with Gasteiger partial charge in [-0.2, -0.15) is 4.31 Å². The van der Waals surface area contributed by atoms with Gasteiger partial charge in [0.05, 0.1) is 16.4 Å². The van der Waals surface area contributed by atoms with Crippen molar-refractivity contribution in [3.8, 4) is 5.69 Å². The number of pyridine rings is 2. The molecule has 180 valence electrons. The number of para-hydroxylation sites is 1. The average Bonchev–Trinajstić information content (AvgIpc) is 2.87. The minimum Gasteiger partial charge on any atom is -0.393 e. The van der Waals surface area contributed by atoms with Crippen molar-refractivity contribution in [2.75, 3.05) is 13.1 Å². The first-order valence-electron chi connectivity index (χ1n) is 11.7. The van der Waals surface area contributed by atoms with Gasteiger partial charge in [-0.05, 0) is 61.7 Å². The third-order valence-corrected chi connectivity index (χ3v) is 8.39. The standard InChI is InChI=1S/C27H27N3O4S/c1-19-7-12-25-26(32)21(18-30(27(25)28-19)22-5-3-2-4-6-22)17-20-8-10-24(11-9-20)35(33,34)29-15-13-23(31)14-16-29/h2-12,18,23,31H,13-17H2,1H3. The second kappa shape index (κ2) is 9.37. The number of aryl methyl sites for hydroxylation is 1. The average molecular weight is 490 g/mol. The summed E-state index contributed by atoms with van der Waals surface area (Å²) in [6.45, 7) is 2.53. The van der Waals surface area contributed by atoms with Crippen LogP contribution < -0.4 is 5.43 Å². The molecule has 1 fully saturated rings. The summed E-state index contributed by atoms with van der Waals surface area (Å²) in [5.41, 5.74) is 3.71. The summed E-state index contributed by atoms with van der Waals surface area (Å²) >= 11 is 0. The van der Waals surface area contributed by atoms with E-state index in [2.05, 4.69) is 4.98 Å². The van der Waals surface area contributed by atoms with Crippen LogP contribution in [-0.4, -0.2) is 46.6 Å². The van der Waals surface area contributed by atoms with Crippen molar-refractivity contribution in [1.29, 1.82) is 0 Å². The Bertz CT molecular complexity index is 1520. The van der Waals surface area contributed by atoms with Crippen molar-refractivity contribution < 1.29 is 13.5 Å². The van der Waals surface area contributed by atoms with Gasteiger partial charge in [0.1, 0.15) is 5.65 Å². The first kappa shape index (κ1) is 23.4.